The van der Waals surface area contributed by atoms with Crippen molar-refractivity contribution >= 4 is 22.9 Å². The Kier molecular flexibility index (Phi) is 5.23. The van der Waals surface area contributed by atoms with Crippen molar-refractivity contribution < 1.29 is 9.53 Å². The Hall–Kier alpha value is -2.66. The van der Waals surface area contributed by atoms with Gasteiger partial charge in [0.25, 0.3) is 0 Å². The molecule has 0 unspecified atom stereocenters. The zero-order valence-corrected chi connectivity index (χ0v) is 14.2. The van der Waals surface area contributed by atoms with Crippen LogP contribution >= 0.6 is 11.3 Å². The number of carbonyl (C=O) groups excluding carboxylic acids is 1. The highest BCUT2D eigenvalue weighted by molar-refractivity contribution is 7.09. The quantitative estimate of drug-likeness (QED) is 0.684. The lowest BCUT2D eigenvalue weighted by atomic mass is 10.2. The molecular formula is C19H18N2O2S. The van der Waals surface area contributed by atoms with Crippen LogP contribution in [0.3, 0.4) is 0 Å². The molecule has 0 saturated carbocycles. The molecule has 2 aromatic carbocycles. The predicted molar refractivity (Wildman–Crippen MR) is 96.4 cm³/mol. The second-order valence-electron chi connectivity index (χ2n) is 5.30. The lowest BCUT2D eigenvalue weighted by Gasteiger charge is -2.16. The first kappa shape index (κ1) is 16.2. The molecule has 0 aliphatic rings. The first-order valence-electron chi connectivity index (χ1n) is 7.65. The third-order valence-corrected chi connectivity index (χ3v) is 4.43. The van der Waals surface area contributed by atoms with E-state index in [0.717, 1.165) is 22.1 Å². The van der Waals surface area contributed by atoms with Crippen molar-refractivity contribution in [1.82, 2.24) is 4.98 Å². The van der Waals surface area contributed by atoms with Crippen molar-refractivity contribution in [3.8, 4) is 5.75 Å². The number of hydrogen-bond donors (Lipinski definition) is 0. The van der Waals surface area contributed by atoms with E-state index >= 15 is 0 Å². The van der Waals surface area contributed by atoms with Crippen LogP contribution < -0.4 is 9.64 Å². The van der Waals surface area contributed by atoms with Crippen molar-refractivity contribution in [3.05, 3.63) is 76.7 Å². The minimum absolute atomic E-state index is 0.0158. The van der Waals surface area contributed by atoms with Crippen molar-refractivity contribution in [3.63, 3.8) is 0 Å². The zero-order chi connectivity index (χ0) is 16.8. The number of thiazole rings is 1. The Labute approximate surface area is 145 Å². The molecule has 0 spiro atoms. The summed E-state index contributed by atoms with van der Waals surface area (Å²) in [4.78, 5) is 18.5. The van der Waals surface area contributed by atoms with Crippen molar-refractivity contribution in [1.29, 1.82) is 0 Å². The molecule has 0 atom stereocenters. The van der Waals surface area contributed by atoms with Gasteiger partial charge in [0, 0.05) is 18.1 Å². The van der Waals surface area contributed by atoms with Crippen LogP contribution in [0, 0.1) is 0 Å². The van der Waals surface area contributed by atoms with Gasteiger partial charge in [-0.3, -0.25) is 4.79 Å². The third kappa shape index (κ3) is 4.20. The largest absolute Gasteiger partial charge is 0.486 e. The van der Waals surface area contributed by atoms with Crippen LogP contribution in [-0.4, -0.2) is 17.9 Å². The number of aromatic nitrogens is 1. The molecule has 0 N–H and O–H groups in total. The van der Waals surface area contributed by atoms with Gasteiger partial charge in [0.05, 0.1) is 12.1 Å². The second-order valence-corrected chi connectivity index (χ2v) is 6.24. The van der Waals surface area contributed by atoms with E-state index in [4.69, 9.17) is 4.74 Å². The summed E-state index contributed by atoms with van der Waals surface area (Å²) in [7, 11) is 1.78. The lowest BCUT2D eigenvalue weighted by molar-refractivity contribution is -0.117. The van der Waals surface area contributed by atoms with Gasteiger partial charge >= 0.3 is 0 Å². The van der Waals surface area contributed by atoms with Gasteiger partial charge in [-0.1, -0.05) is 36.4 Å². The molecule has 1 heterocycles. The summed E-state index contributed by atoms with van der Waals surface area (Å²) in [5.41, 5.74) is 1.66. The van der Waals surface area contributed by atoms with E-state index in [2.05, 4.69) is 4.98 Å². The van der Waals surface area contributed by atoms with Crippen LogP contribution in [0.5, 0.6) is 5.75 Å². The van der Waals surface area contributed by atoms with Gasteiger partial charge in [0.15, 0.2) is 0 Å². The van der Waals surface area contributed by atoms with Crippen molar-refractivity contribution in [2.24, 2.45) is 0 Å². The Balaban J connectivity index is 1.56. The molecule has 0 aliphatic carbocycles. The molecule has 3 rings (SSSR count). The molecule has 3 aromatic rings. The topological polar surface area (TPSA) is 42.4 Å². The lowest BCUT2D eigenvalue weighted by Crippen LogP contribution is -2.27. The number of para-hydroxylation sites is 2. The first-order valence-corrected chi connectivity index (χ1v) is 8.53. The molecule has 4 nitrogen and oxygen atoms in total. The van der Waals surface area contributed by atoms with Gasteiger partial charge in [-0.15, -0.1) is 11.3 Å². The summed E-state index contributed by atoms with van der Waals surface area (Å²) in [6.45, 7) is 0.414. The zero-order valence-electron chi connectivity index (χ0n) is 13.4. The highest BCUT2D eigenvalue weighted by atomic mass is 32.1. The van der Waals surface area contributed by atoms with E-state index < -0.39 is 0 Å². The Morgan fingerprint density at radius 2 is 1.75 bits per heavy atom. The number of rotatable bonds is 6. The molecule has 24 heavy (non-hydrogen) atoms. The van der Waals surface area contributed by atoms with Crippen LogP contribution in [-0.2, 0) is 17.8 Å². The van der Waals surface area contributed by atoms with Gasteiger partial charge in [0.2, 0.25) is 5.91 Å². The molecular weight excluding hydrogens is 320 g/mol. The normalized spacial score (nSPS) is 10.4. The maximum Gasteiger partial charge on any atom is 0.232 e. The van der Waals surface area contributed by atoms with Crippen LogP contribution in [0.4, 0.5) is 5.69 Å². The Morgan fingerprint density at radius 3 is 2.46 bits per heavy atom. The van der Waals surface area contributed by atoms with E-state index in [1.54, 1.807) is 11.9 Å². The first-order chi connectivity index (χ1) is 11.7. The standard InChI is InChI=1S/C19H18N2O2S/c1-21(16-8-4-2-5-9-16)19(22)12-15-14-24-18(20-15)13-23-17-10-6-3-7-11-17/h2-11,14H,12-13H2,1H3. The summed E-state index contributed by atoms with van der Waals surface area (Å²) in [6.07, 6.45) is 0.285. The van der Waals surface area contributed by atoms with E-state index in [9.17, 15) is 4.79 Å². The maximum absolute atomic E-state index is 12.4. The number of anilines is 1. The number of amides is 1. The number of carbonyl (C=O) groups is 1. The number of ether oxygens (including phenoxy) is 1. The van der Waals surface area contributed by atoms with E-state index in [0.29, 0.717) is 6.61 Å². The van der Waals surface area contributed by atoms with E-state index in [1.165, 1.54) is 11.3 Å². The minimum atomic E-state index is 0.0158. The summed E-state index contributed by atoms with van der Waals surface area (Å²) >= 11 is 1.51. The molecule has 5 heteroatoms. The fourth-order valence-electron chi connectivity index (χ4n) is 2.23. The van der Waals surface area contributed by atoms with E-state index in [-0.39, 0.29) is 12.3 Å². The number of hydrogen-bond acceptors (Lipinski definition) is 4. The number of nitrogens with zero attached hydrogens (tertiary/aromatic N) is 2. The molecule has 0 aliphatic heterocycles. The summed E-state index contributed by atoms with van der Waals surface area (Å²) in [5.74, 6) is 0.830. The van der Waals surface area contributed by atoms with Gasteiger partial charge in [-0.25, -0.2) is 4.98 Å². The Morgan fingerprint density at radius 1 is 1.08 bits per heavy atom. The van der Waals surface area contributed by atoms with Crippen molar-refractivity contribution in [2.75, 3.05) is 11.9 Å². The van der Waals surface area contributed by atoms with Gasteiger partial charge < -0.3 is 9.64 Å². The average Bonchev–Trinajstić information content (AvgIpc) is 3.08. The van der Waals surface area contributed by atoms with Crippen molar-refractivity contribution in [2.45, 2.75) is 13.0 Å². The summed E-state index contributed by atoms with van der Waals surface area (Å²) in [6, 6.07) is 19.2. The molecule has 0 radical (unpaired) electrons. The summed E-state index contributed by atoms with van der Waals surface area (Å²) in [5, 5.41) is 2.78. The van der Waals surface area contributed by atoms with E-state index in [1.807, 2.05) is 66.0 Å². The predicted octanol–water partition coefficient (Wildman–Crippen LogP) is 3.93. The van der Waals surface area contributed by atoms with Crippen LogP contribution in [0.2, 0.25) is 0 Å². The highest BCUT2D eigenvalue weighted by Crippen LogP contribution is 2.17. The minimum Gasteiger partial charge on any atom is -0.486 e. The van der Waals surface area contributed by atoms with Gasteiger partial charge in [-0.05, 0) is 24.3 Å². The van der Waals surface area contributed by atoms with Crippen LogP contribution in [0.15, 0.2) is 66.0 Å². The molecule has 1 aromatic heterocycles. The molecule has 0 saturated heterocycles. The number of benzene rings is 2. The Bertz CT molecular complexity index is 787. The molecule has 122 valence electrons. The molecule has 1 amide bonds. The highest BCUT2D eigenvalue weighted by Gasteiger charge is 2.13. The molecule has 0 fully saturated rings. The van der Waals surface area contributed by atoms with Gasteiger partial charge in [-0.2, -0.15) is 0 Å². The molecule has 0 bridgehead atoms. The average molecular weight is 338 g/mol. The van der Waals surface area contributed by atoms with Crippen LogP contribution in [0.1, 0.15) is 10.7 Å². The third-order valence-electron chi connectivity index (χ3n) is 3.55. The SMILES string of the molecule is CN(C(=O)Cc1csc(COc2ccccc2)n1)c1ccccc1. The van der Waals surface area contributed by atoms with Gasteiger partial charge in [0.1, 0.15) is 17.4 Å². The maximum atomic E-state index is 12.4. The fraction of sp³-hybridized carbons (Fsp3) is 0.158. The fourth-order valence-corrected chi connectivity index (χ4v) is 2.93. The number of likely N-dealkylation sites (N-methyl/N-ethyl adjacent to an activating group) is 1. The second kappa shape index (κ2) is 7.75. The smallest absolute Gasteiger partial charge is 0.232 e. The summed E-state index contributed by atoms with van der Waals surface area (Å²) < 4.78 is 5.68. The van der Waals surface area contributed by atoms with Crippen LogP contribution in [0.25, 0.3) is 0 Å². The monoisotopic (exact) mass is 338 g/mol.